The van der Waals surface area contributed by atoms with Gasteiger partial charge in [0.15, 0.2) is 17.4 Å². The zero-order valence-electron chi connectivity index (χ0n) is 3.50. The molecule has 0 nitrogen and oxygen atoms in total. The molecule has 0 saturated carbocycles. The molecule has 0 unspecified atom stereocenters. The fraction of sp³-hybridized carbons (Fsp3) is 0. The first-order valence-electron chi connectivity index (χ1n) is 0. The summed E-state index contributed by atoms with van der Waals surface area (Å²) in [6, 6.07) is 0. The van der Waals surface area contributed by atoms with Crippen LogP contribution in [0.1, 0.15) is 2.85 Å². The summed E-state index contributed by atoms with van der Waals surface area (Å²) in [7, 11) is 0. The molecule has 0 heterocycles. The van der Waals surface area contributed by atoms with Crippen LogP contribution in [0.15, 0.2) is 0 Å². The van der Waals surface area contributed by atoms with Crippen LogP contribution in [-0.2, 0) is 26.2 Å². The second-order valence-corrected chi connectivity index (χ2v) is 0. The zero-order chi connectivity index (χ0) is 0. The zero-order valence-corrected chi connectivity index (χ0v) is 7.22. The smallest absolute Gasteiger partial charge is 1.00 e. The Morgan fingerprint density at radius 1 is 1.20 bits per heavy atom. The Morgan fingerprint density at radius 2 is 1.20 bits per heavy atom. The molecule has 0 aliphatic heterocycles. The predicted molar refractivity (Wildman–Crippen MR) is 29.3 cm³/mol. The minimum absolute atomic E-state index is 0. The molecule has 0 aliphatic rings. The fourth-order valence-electron chi connectivity index (χ4n) is 0. The van der Waals surface area contributed by atoms with Gasteiger partial charge in [0, 0.05) is 63.5 Å². The fourth-order valence-corrected chi connectivity index (χ4v) is 0. The van der Waals surface area contributed by atoms with Crippen LogP contribution in [0.4, 0.5) is 0 Å². The van der Waals surface area contributed by atoms with Crippen molar-refractivity contribution in [2.75, 3.05) is 0 Å². The van der Waals surface area contributed by atoms with Crippen LogP contribution in [0.3, 0.4) is 0 Å². The van der Waals surface area contributed by atoms with Crippen LogP contribution < -0.4 is 0 Å². The SMILES string of the molecule is [AlH3].[Er].[H-].[H-].[Mg+2].[SiH4].[Zr]. The first-order valence-corrected chi connectivity index (χ1v) is 0. The number of hydrogen-bond donors (Lipinski definition) is 0. The topological polar surface area (TPSA) is 0 Å². The van der Waals surface area contributed by atoms with Crippen LogP contribution in [0.5, 0.6) is 0 Å². The summed E-state index contributed by atoms with van der Waals surface area (Å²) in [5.41, 5.74) is 0. The Bertz CT molecular complexity index is 17.7. The summed E-state index contributed by atoms with van der Waals surface area (Å²) >= 11 is 0. The average Bonchev–Trinajstić information content (AvgIpc) is 0. The summed E-state index contributed by atoms with van der Waals surface area (Å²) in [6.45, 7) is 0. The van der Waals surface area contributed by atoms with E-state index in [1.165, 1.54) is 0 Å². The van der Waals surface area contributed by atoms with Gasteiger partial charge in [-0.1, -0.05) is 0 Å². The standard InChI is InChI=1S/Al.Er.Mg.H4Si.Zr.5H/h;;;1H4;;;;;;/q;;+2;;;;;;2*-1. The third-order valence-corrected chi connectivity index (χ3v) is 0. The van der Waals surface area contributed by atoms with Crippen molar-refractivity contribution >= 4 is 51.4 Å². The molecule has 0 rings (SSSR count). The van der Waals surface area contributed by atoms with Gasteiger partial charge < -0.3 is 2.85 Å². The monoisotopic (exact) mass is 344 g/mol. The van der Waals surface area contributed by atoms with Crippen molar-refractivity contribution in [3.8, 4) is 0 Å². The Balaban J connectivity index is 0. The van der Waals surface area contributed by atoms with Crippen molar-refractivity contribution in [1.82, 2.24) is 0 Å². The largest absolute Gasteiger partial charge is 2.00 e. The molecule has 0 aromatic carbocycles. The van der Waals surface area contributed by atoms with E-state index in [0.717, 1.165) is 0 Å². The second kappa shape index (κ2) is 25.4. The summed E-state index contributed by atoms with van der Waals surface area (Å²) in [6.07, 6.45) is 0. The van der Waals surface area contributed by atoms with Crippen LogP contribution in [0, 0.1) is 37.3 Å². The quantitative estimate of drug-likeness (QED) is 0.416. The molecule has 5 heavy (non-hydrogen) atoms. The van der Waals surface area contributed by atoms with Gasteiger partial charge in [0.2, 0.25) is 0 Å². The van der Waals surface area contributed by atoms with Gasteiger partial charge in [0.1, 0.15) is 0 Å². The van der Waals surface area contributed by atoms with Crippen LogP contribution in [0.2, 0.25) is 0 Å². The minimum atomic E-state index is 0. The molecule has 0 saturated heterocycles. The van der Waals surface area contributed by atoms with Gasteiger partial charge in [-0.15, -0.1) is 0 Å². The molecule has 0 aromatic rings. The molecule has 0 aromatic heterocycles. The average molecular weight is 347 g/mol. The molecule has 0 N–H and O–H groups in total. The maximum absolute atomic E-state index is 0. The third kappa shape index (κ3) is 18.3. The van der Waals surface area contributed by atoms with E-state index < -0.39 is 0 Å². The minimum Gasteiger partial charge on any atom is -1.00 e. The Hall–Kier alpha value is 3.65. The maximum atomic E-state index is 0. The molecular formula is H9AlErMgSiZr. The van der Waals surface area contributed by atoms with Crippen LogP contribution in [0.25, 0.3) is 0 Å². The van der Waals surface area contributed by atoms with Gasteiger partial charge in [-0.25, -0.2) is 0 Å². The van der Waals surface area contributed by atoms with Gasteiger partial charge in [-0.05, 0) is 11.0 Å². The second-order valence-electron chi connectivity index (χ2n) is 0. The first kappa shape index (κ1) is 38.0. The Labute approximate surface area is 115 Å². The molecule has 0 radical (unpaired) electrons. The van der Waals surface area contributed by atoms with Crippen molar-refractivity contribution in [3.05, 3.63) is 0 Å². The first-order chi connectivity index (χ1) is 0. The molecular weight excluding hydrogens is 338 g/mol. The molecule has 34 valence electrons. The van der Waals surface area contributed by atoms with Crippen LogP contribution in [-0.4, -0.2) is 51.4 Å². The van der Waals surface area contributed by atoms with E-state index in [9.17, 15) is 0 Å². The van der Waals surface area contributed by atoms with Gasteiger partial charge in [0.05, 0.1) is 0 Å². The van der Waals surface area contributed by atoms with E-state index in [1.54, 1.807) is 0 Å². The molecule has 5 heteroatoms. The summed E-state index contributed by atoms with van der Waals surface area (Å²) in [5, 5.41) is 0. The number of rotatable bonds is 0. The van der Waals surface area contributed by atoms with E-state index in [-0.39, 0.29) is 118 Å². The van der Waals surface area contributed by atoms with Crippen molar-refractivity contribution in [1.29, 1.82) is 0 Å². The Morgan fingerprint density at radius 3 is 1.20 bits per heavy atom. The number of hydrogen-bond acceptors (Lipinski definition) is 0. The van der Waals surface area contributed by atoms with Gasteiger partial charge in [-0.3, -0.25) is 0 Å². The van der Waals surface area contributed by atoms with E-state index in [4.69, 9.17) is 0 Å². The normalized spacial score (nSPS) is 0. The molecule has 0 fully saturated rings. The van der Waals surface area contributed by atoms with E-state index >= 15 is 0 Å². The Kier molecular flexibility index (Phi) is 193. The summed E-state index contributed by atoms with van der Waals surface area (Å²) in [5.74, 6) is 0. The molecule has 0 amide bonds. The summed E-state index contributed by atoms with van der Waals surface area (Å²) in [4.78, 5) is 0. The van der Waals surface area contributed by atoms with Crippen molar-refractivity contribution in [3.63, 3.8) is 0 Å². The van der Waals surface area contributed by atoms with E-state index in [1.807, 2.05) is 0 Å². The molecule has 0 atom stereocenters. The van der Waals surface area contributed by atoms with Gasteiger partial charge in [-0.2, -0.15) is 0 Å². The van der Waals surface area contributed by atoms with Gasteiger partial charge in [0.25, 0.3) is 0 Å². The molecule has 0 spiro atoms. The van der Waals surface area contributed by atoms with Gasteiger partial charge >= 0.3 is 23.1 Å². The van der Waals surface area contributed by atoms with Crippen molar-refractivity contribution in [2.45, 2.75) is 0 Å². The van der Waals surface area contributed by atoms with E-state index in [2.05, 4.69) is 0 Å². The summed E-state index contributed by atoms with van der Waals surface area (Å²) < 4.78 is 0. The van der Waals surface area contributed by atoms with Crippen LogP contribution >= 0.6 is 0 Å². The molecule has 0 aliphatic carbocycles. The maximum Gasteiger partial charge on any atom is 2.00 e. The third-order valence-electron chi connectivity index (χ3n) is 0. The molecule has 0 bridgehead atoms. The van der Waals surface area contributed by atoms with Crippen molar-refractivity contribution < 1.29 is 66.4 Å². The van der Waals surface area contributed by atoms with Crippen molar-refractivity contribution in [2.24, 2.45) is 0 Å². The van der Waals surface area contributed by atoms with E-state index in [0.29, 0.717) is 0 Å². The predicted octanol–water partition coefficient (Wildman–Crippen LogP) is -2.79.